The summed E-state index contributed by atoms with van der Waals surface area (Å²) < 4.78 is 1.35. The van der Waals surface area contributed by atoms with E-state index < -0.39 is 0 Å². The van der Waals surface area contributed by atoms with E-state index in [0.717, 1.165) is 32.4 Å². The molecule has 2 aromatic rings. The number of nitrogens with one attached hydrogen (secondary N) is 1. The molecule has 1 amide bonds. The third-order valence-corrected chi connectivity index (χ3v) is 5.18. The zero-order chi connectivity index (χ0) is 19.2. The Labute approximate surface area is 160 Å². The van der Waals surface area contributed by atoms with Crippen LogP contribution in [0.1, 0.15) is 48.3 Å². The van der Waals surface area contributed by atoms with Crippen molar-refractivity contribution in [2.75, 3.05) is 13.1 Å². The number of fused-ring (bicyclic) bond motifs is 1. The van der Waals surface area contributed by atoms with Crippen LogP contribution < -0.4 is 10.9 Å². The molecule has 1 aliphatic heterocycles. The van der Waals surface area contributed by atoms with Crippen LogP contribution in [0, 0.1) is 0 Å². The second-order valence-corrected chi connectivity index (χ2v) is 7.04. The highest BCUT2D eigenvalue weighted by molar-refractivity contribution is 5.92. The van der Waals surface area contributed by atoms with E-state index in [1.54, 1.807) is 0 Å². The number of carbonyl (C=O) groups is 1. The topological polar surface area (TPSA) is 67.2 Å². The van der Waals surface area contributed by atoms with Gasteiger partial charge in [0.05, 0.1) is 0 Å². The molecule has 0 radical (unpaired) electrons. The van der Waals surface area contributed by atoms with Gasteiger partial charge in [-0.3, -0.25) is 14.5 Å². The number of hydrogen-bond acceptors (Lipinski definition) is 4. The van der Waals surface area contributed by atoms with Crippen molar-refractivity contribution in [2.45, 2.75) is 52.2 Å². The zero-order valence-electron chi connectivity index (χ0n) is 16.1. The molecule has 6 nitrogen and oxygen atoms in total. The maximum atomic E-state index is 12.5. The molecule has 0 spiro atoms. The first-order valence-electron chi connectivity index (χ1n) is 9.79. The van der Waals surface area contributed by atoms with E-state index in [2.05, 4.69) is 46.5 Å². The lowest BCUT2D eigenvalue weighted by Crippen LogP contribution is -2.46. The predicted molar refractivity (Wildman–Crippen MR) is 106 cm³/mol. The standard InChI is InChI=1S/C21H28N4O2/c1-3-12-25-20(26)10-9-19(23-25)21(27)22-14-18(4-2)24-13-11-16-7-5-6-8-17(16)15-24/h5-10,18H,3-4,11-15H2,1-2H3,(H,22,27). The van der Waals surface area contributed by atoms with Crippen LogP contribution in [-0.2, 0) is 19.5 Å². The van der Waals surface area contributed by atoms with Crippen molar-refractivity contribution in [1.82, 2.24) is 20.0 Å². The molecule has 27 heavy (non-hydrogen) atoms. The number of benzene rings is 1. The molecule has 6 heteroatoms. The minimum absolute atomic E-state index is 0.174. The van der Waals surface area contributed by atoms with Crippen LogP contribution in [0.2, 0.25) is 0 Å². The van der Waals surface area contributed by atoms with E-state index in [4.69, 9.17) is 0 Å². The molecule has 0 aliphatic carbocycles. The van der Waals surface area contributed by atoms with Crippen molar-refractivity contribution >= 4 is 5.91 Å². The van der Waals surface area contributed by atoms with Crippen LogP contribution in [-0.4, -0.2) is 39.7 Å². The van der Waals surface area contributed by atoms with Crippen LogP contribution in [0.25, 0.3) is 0 Å². The number of nitrogens with zero attached hydrogens (tertiary/aromatic N) is 3. The van der Waals surface area contributed by atoms with E-state index >= 15 is 0 Å². The highest BCUT2D eigenvalue weighted by atomic mass is 16.2. The van der Waals surface area contributed by atoms with Crippen molar-refractivity contribution in [3.63, 3.8) is 0 Å². The molecular formula is C21H28N4O2. The molecule has 1 aliphatic rings. The smallest absolute Gasteiger partial charge is 0.271 e. The zero-order valence-corrected chi connectivity index (χ0v) is 16.1. The van der Waals surface area contributed by atoms with Gasteiger partial charge in [-0.25, -0.2) is 4.68 Å². The number of aryl methyl sites for hydroxylation is 1. The first kappa shape index (κ1) is 19.3. The molecule has 0 fully saturated rings. The Bertz CT molecular complexity index is 846. The maximum Gasteiger partial charge on any atom is 0.271 e. The summed E-state index contributed by atoms with van der Waals surface area (Å²) in [5, 5.41) is 7.19. The number of aromatic nitrogens is 2. The first-order chi connectivity index (χ1) is 13.1. The highest BCUT2D eigenvalue weighted by Gasteiger charge is 2.23. The molecule has 1 aromatic heterocycles. The van der Waals surface area contributed by atoms with Crippen molar-refractivity contribution in [3.05, 3.63) is 63.6 Å². The molecule has 1 atom stereocenters. The van der Waals surface area contributed by atoms with Gasteiger partial charge in [0.15, 0.2) is 0 Å². The van der Waals surface area contributed by atoms with Gasteiger partial charge in [-0.2, -0.15) is 5.10 Å². The minimum Gasteiger partial charge on any atom is -0.349 e. The average molecular weight is 368 g/mol. The van der Waals surface area contributed by atoms with Crippen molar-refractivity contribution in [1.29, 1.82) is 0 Å². The Morgan fingerprint density at radius 3 is 2.70 bits per heavy atom. The number of amides is 1. The third-order valence-electron chi connectivity index (χ3n) is 5.18. The van der Waals surface area contributed by atoms with Gasteiger partial charge in [0.1, 0.15) is 5.69 Å². The van der Waals surface area contributed by atoms with Crippen molar-refractivity contribution < 1.29 is 4.79 Å². The minimum atomic E-state index is -0.226. The number of carbonyl (C=O) groups excluding carboxylic acids is 1. The summed E-state index contributed by atoms with van der Waals surface area (Å²) in [4.78, 5) is 26.7. The summed E-state index contributed by atoms with van der Waals surface area (Å²) in [6, 6.07) is 11.8. The van der Waals surface area contributed by atoms with Crippen LogP contribution in [0.4, 0.5) is 0 Å². The van der Waals surface area contributed by atoms with Crippen LogP contribution >= 0.6 is 0 Å². The fourth-order valence-electron chi connectivity index (χ4n) is 3.60. The van der Waals surface area contributed by atoms with E-state index in [1.807, 2.05) is 6.92 Å². The fourth-order valence-corrected chi connectivity index (χ4v) is 3.60. The second-order valence-electron chi connectivity index (χ2n) is 7.04. The van der Waals surface area contributed by atoms with Gasteiger partial charge in [0, 0.05) is 38.3 Å². The van der Waals surface area contributed by atoms with Crippen molar-refractivity contribution in [3.8, 4) is 0 Å². The number of rotatable bonds is 7. The monoisotopic (exact) mass is 368 g/mol. The van der Waals surface area contributed by atoms with Gasteiger partial charge in [-0.05, 0) is 36.5 Å². The van der Waals surface area contributed by atoms with Gasteiger partial charge in [0.2, 0.25) is 0 Å². The summed E-state index contributed by atoms with van der Waals surface area (Å²) in [5.41, 5.74) is 2.92. The Morgan fingerprint density at radius 1 is 1.19 bits per heavy atom. The Kier molecular flexibility index (Phi) is 6.40. The fraction of sp³-hybridized carbons (Fsp3) is 0.476. The third kappa shape index (κ3) is 4.63. The molecule has 1 unspecified atom stereocenters. The molecule has 0 saturated carbocycles. The summed E-state index contributed by atoms with van der Waals surface area (Å²) in [6.07, 6.45) is 2.81. The van der Waals surface area contributed by atoms with Crippen LogP contribution in [0.3, 0.4) is 0 Å². The molecule has 0 saturated heterocycles. The van der Waals surface area contributed by atoms with Crippen molar-refractivity contribution in [2.24, 2.45) is 0 Å². The van der Waals surface area contributed by atoms with Crippen LogP contribution in [0.5, 0.6) is 0 Å². The van der Waals surface area contributed by atoms with Gasteiger partial charge < -0.3 is 5.32 Å². The lowest BCUT2D eigenvalue weighted by Gasteiger charge is -2.35. The largest absolute Gasteiger partial charge is 0.349 e. The van der Waals surface area contributed by atoms with E-state index in [-0.39, 0.29) is 17.5 Å². The molecular weight excluding hydrogens is 340 g/mol. The summed E-state index contributed by atoms with van der Waals surface area (Å²) in [7, 11) is 0. The summed E-state index contributed by atoms with van der Waals surface area (Å²) >= 11 is 0. The Morgan fingerprint density at radius 2 is 1.96 bits per heavy atom. The highest BCUT2D eigenvalue weighted by Crippen LogP contribution is 2.21. The SMILES string of the molecule is CCCn1nc(C(=O)NCC(CC)N2CCc3ccccc3C2)ccc1=O. The van der Waals surface area contributed by atoms with Gasteiger partial charge in [-0.1, -0.05) is 38.1 Å². The Balaban J connectivity index is 1.62. The molecule has 1 aromatic carbocycles. The van der Waals surface area contributed by atoms with E-state index in [0.29, 0.717) is 18.8 Å². The molecule has 144 valence electrons. The molecule has 1 N–H and O–H groups in total. The lowest BCUT2D eigenvalue weighted by atomic mass is 9.98. The second kappa shape index (κ2) is 8.95. The quantitative estimate of drug-likeness (QED) is 0.814. The summed E-state index contributed by atoms with van der Waals surface area (Å²) in [6.45, 7) is 7.15. The summed E-state index contributed by atoms with van der Waals surface area (Å²) in [5.74, 6) is -0.226. The van der Waals surface area contributed by atoms with E-state index in [9.17, 15) is 9.59 Å². The number of hydrogen-bond donors (Lipinski definition) is 1. The van der Waals surface area contributed by atoms with Gasteiger partial charge in [-0.15, -0.1) is 0 Å². The lowest BCUT2D eigenvalue weighted by molar-refractivity contribution is 0.0918. The molecule has 0 bridgehead atoms. The molecule has 3 rings (SSSR count). The van der Waals surface area contributed by atoms with Gasteiger partial charge >= 0.3 is 0 Å². The first-order valence-corrected chi connectivity index (χ1v) is 9.79. The maximum absolute atomic E-state index is 12.5. The van der Waals surface area contributed by atoms with Crippen LogP contribution in [0.15, 0.2) is 41.2 Å². The Hall–Kier alpha value is -2.47. The van der Waals surface area contributed by atoms with Gasteiger partial charge in [0.25, 0.3) is 11.5 Å². The molecule has 2 heterocycles. The normalized spacial score (nSPS) is 15.2. The predicted octanol–water partition coefficient (Wildman–Crippen LogP) is 2.22. The average Bonchev–Trinajstić information content (AvgIpc) is 2.70. The van der Waals surface area contributed by atoms with E-state index in [1.165, 1.54) is 27.9 Å².